The van der Waals surface area contributed by atoms with E-state index in [4.69, 9.17) is 4.52 Å². The molecule has 0 radical (unpaired) electrons. The summed E-state index contributed by atoms with van der Waals surface area (Å²) in [5.41, 5.74) is 1.29. The molecule has 8 nitrogen and oxygen atoms in total. The molecule has 5 rings (SSSR count). The third-order valence-corrected chi connectivity index (χ3v) is 4.96. The summed E-state index contributed by atoms with van der Waals surface area (Å²) >= 11 is 0. The molecule has 1 amide bonds. The molecule has 1 aliphatic heterocycles. The Labute approximate surface area is 149 Å². The fourth-order valence-electron chi connectivity index (χ4n) is 3.30. The van der Waals surface area contributed by atoms with Gasteiger partial charge in [0.1, 0.15) is 0 Å². The normalized spacial score (nSPS) is 19.8. The standard InChI is InChI=1S/C18H18N6O2/c25-18(13-4-2-1-3-5-13)23-9-8-14(10-23)24-11-15(20-22-24)17-19-16(21-26-17)12-6-7-12/h1-5,11-12,14H,6-10H2/t14-/m0/s1. The van der Waals surface area contributed by atoms with Gasteiger partial charge in [0.25, 0.3) is 11.8 Å². The highest BCUT2D eigenvalue weighted by Crippen LogP contribution is 2.38. The molecule has 26 heavy (non-hydrogen) atoms. The fraction of sp³-hybridized carbons (Fsp3) is 0.389. The molecule has 2 fully saturated rings. The van der Waals surface area contributed by atoms with Crippen LogP contribution < -0.4 is 0 Å². The molecule has 0 bridgehead atoms. The average molecular weight is 350 g/mol. The monoisotopic (exact) mass is 350 g/mol. The molecule has 0 spiro atoms. The lowest BCUT2D eigenvalue weighted by Crippen LogP contribution is -2.29. The SMILES string of the molecule is O=C(c1ccccc1)N1CC[C@H](n2cc(-c3nc(C4CC4)no3)nn2)C1. The van der Waals surface area contributed by atoms with Crippen molar-refractivity contribution in [2.24, 2.45) is 0 Å². The van der Waals surface area contributed by atoms with E-state index in [0.717, 1.165) is 25.1 Å². The van der Waals surface area contributed by atoms with Gasteiger partial charge in [0.15, 0.2) is 11.5 Å². The predicted molar refractivity (Wildman–Crippen MR) is 91.3 cm³/mol. The van der Waals surface area contributed by atoms with Crippen molar-refractivity contribution in [1.29, 1.82) is 0 Å². The van der Waals surface area contributed by atoms with Gasteiger partial charge in [0.2, 0.25) is 0 Å². The number of hydrogen-bond donors (Lipinski definition) is 0. The van der Waals surface area contributed by atoms with Gasteiger partial charge < -0.3 is 9.42 Å². The second-order valence-corrected chi connectivity index (χ2v) is 6.88. The maximum Gasteiger partial charge on any atom is 0.280 e. The zero-order valence-corrected chi connectivity index (χ0v) is 14.2. The second-order valence-electron chi connectivity index (χ2n) is 6.88. The Kier molecular flexibility index (Phi) is 3.55. The first-order valence-electron chi connectivity index (χ1n) is 8.88. The van der Waals surface area contributed by atoms with Gasteiger partial charge in [-0.05, 0) is 31.4 Å². The lowest BCUT2D eigenvalue weighted by Gasteiger charge is -2.16. The van der Waals surface area contributed by atoms with Gasteiger partial charge in [-0.3, -0.25) is 4.79 Å². The first kappa shape index (κ1) is 15.2. The molecule has 0 unspecified atom stereocenters. The van der Waals surface area contributed by atoms with Crippen LogP contribution in [-0.2, 0) is 0 Å². The number of likely N-dealkylation sites (tertiary alicyclic amines) is 1. The molecule has 1 aliphatic carbocycles. The van der Waals surface area contributed by atoms with Gasteiger partial charge in [0.05, 0.1) is 12.2 Å². The quantitative estimate of drug-likeness (QED) is 0.717. The molecule has 1 aromatic carbocycles. The molecule has 3 heterocycles. The highest BCUT2D eigenvalue weighted by Gasteiger charge is 2.31. The second kappa shape index (κ2) is 6.05. The third-order valence-electron chi connectivity index (χ3n) is 4.96. The summed E-state index contributed by atoms with van der Waals surface area (Å²) in [6.45, 7) is 1.33. The summed E-state index contributed by atoms with van der Waals surface area (Å²) in [5.74, 6) is 1.66. The van der Waals surface area contributed by atoms with Crippen LogP contribution in [0.3, 0.4) is 0 Å². The van der Waals surface area contributed by atoms with Crippen molar-refractivity contribution >= 4 is 5.91 Å². The highest BCUT2D eigenvalue weighted by atomic mass is 16.5. The Balaban J connectivity index is 1.29. The van der Waals surface area contributed by atoms with Crippen molar-refractivity contribution in [3.8, 4) is 11.6 Å². The van der Waals surface area contributed by atoms with Crippen molar-refractivity contribution in [1.82, 2.24) is 30.0 Å². The van der Waals surface area contributed by atoms with E-state index in [1.165, 1.54) is 0 Å². The first-order valence-corrected chi connectivity index (χ1v) is 8.88. The topological polar surface area (TPSA) is 89.9 Å². The van der Waals surface area contributed by atoms with E-state index >= 15 is 0 Å². The smallest absolute Gasteiger partial charge is 0.280 e. The molecule has 1 saturated carbocycles. The van der Waals surface area contributed by atoms with Crippen molar-refractivity contribution < 1.29 is 9.32 Å². The summed E-state index contributed by atoms with van der Waals surface area (Å²) in [6, 6.07) is 9.46. The molecule has 0 N–H and O–H groups in total. The number of hydrogen-bond acceptors (Lipinski definition) is 6. The third kappa shape index (κ3) is 2.77. The Bertz CT molecular complexity index is 930. The number of benzene rings is 1. The van der Waals surface area contributed by atoms with Crippen LogP contribution in [0.5, 0.6) is 0 Å². The number of aromatic nitrogens is 5. The number of carbonyl (C=O) groups is 1. The number of rotatable bonds is 4. The Morgan fingerprint density at radius 3 is 2.81 bits per heavy atom. The van der Waals surface area contributed by atoms with Crippen LogP contribution in [-0.4, -0.2) is 49.0 Å². The van der Waals surface area contributed by atoms with Crippen molar-refractivity contribution in [3.63, 3.8) is 0 Å². The summed E-state index contributed by atoms with van der Waals surface area (Å²) in [7, 11) is 0. The van der Waals surface area contributed by atoms with Crippen LogP contribution in [0, 0.1) is 0 Å². The summed E-state index contributed by atoms with van der Waals surface area (Å²) < 4.78 is 7.10. The first-order chi connectivity index (χ1) is 12.8. The van der Waals surface area contributed by atoms with E-state index in [9.17, 15) is 4.79 Å². The minimum atomic E-state index is 0.0550. The molecule has 1 saturated heterocycles. The van der Waals surface area contributed by atoms with E-state index in [-0.39, 0.29) is 11.9 Å². The molecule has 1 atom stereocenters. The van der Waals surface area contributed by atoms with Crippen molar-refractivity contribution in [2.45, 2.75) is 31.2 Å². The molecular weight excluding hydrogens is 332 g/mol. The van der Waals surface area contributed by atoms with E-state index in [1.54, 1.807) is 4.68 Å². The molecule has 2 aliphatic rings. The van der Waals surface area contributed by atoms with Gasteiger partial charge in [-0.2, -0.15) is 4.98 Å². The Morgan fingerprint density at radius 2 is 2.00 bits per heavy atom. The average Bonchev–Trinajstić information content (AvgIpc) is 3.11. The van der Waals surface area contributed by atoms with Gasteiger partial charge in [-0.1, -0.05) is 28.6 Å². The lowest BCUT2D eigenvalue weighted by atomic mass is 10.2. The fourth-order valence-corrected chi connectivity index (χ4v) is 3.30. The van der Waals surface area contributed by atoms with Crippen LogP contribution in [0.1, 0.15) is 47.4 Å². The van der Waals surface area contributed by atoms with Gasteiger partial charge in [0, 0.05) is 24.6 Å². The van der Waals surface area contributed by atoms with Crippen LogP contribution in [0.25, 0.3) is 11.6 Å². The van der Waals surface area contributed by atoms with Crippen LogP contribution in [0.4, 0.5) is 0 Å². The van der Waals surface area contributed by atoms with Gasteiger partial charge in [-0.25, -0.2) is 4.68 Å². The molecular formula is C18H18N6O2. The van der Waals surface area contributed by atoms with E-state index in [2.05, 4.69) is 20.5 Å². The zero-order chi connectivity index (χ0) is 17.5. The summed E-state index contributed by atoms with van der Waals surface area (Å²) in [5, 5.41) is 12.4. The van der Waals surface area contributed by atoms with E-state index in [0.29, 0.717) is 36.2 Å². The summed E-state index contributed by atoms with van der Waals surface area (Å²) in [6.07, 6.45) is 4.92. The van der Waals surface area contributed by atoms with Crippen molar-refractivity contribution in [3.05, 3.63) is 47.9 Å². The molecule has 8 heteroatoms. The van der Waals surface area contributed by atoms with Crippen LogP contribution in [0.2, 0.25) is 0 Å². The Hall–Kier alpha value is -3.03. The van der Waals surface area contributed by atoms with Crippen LogP contribution >= 0.6 is 0 Å². The minimum Gasteiger partial charge on any atom is -0.336 e. The number of nitrogens with zero attached hydrogens (tertiary/aromatic N) is 6. The largest absolute Gasteiger partial charge is 0.336 e. The van der Waals surface area contributed by atoms with Crippen molar-refractivity contribution in [2.75, 3.05) is 13.1 Å². The number of amides is 1. The maximum atomic E-state index is 12.6. The van der Waals surface area contributed by atoms with E-state index < -0.39 is 0 Å². The van der Waals surface area contributed by atoms with E-state index in [1.807, 2.05) is 41.4 Å². The lowest BCUT2D eigenvalue weighted by molar-refractivity contribution is 0.0787. The molecule has 3 aromatic rings. The zero-order valence-electron chi connectivity index (χ0n) is 14.2. The summed E-state index contributed by atoms with van der Waals surface area (Å²) in [4.78, 5) is 18.8. The molecule has 2 aromatic heterocycles. The molecule has 132 valence electrons. The van der Waals surface area contributed by atoms with Gasteiger partial charge >= 0.3 is 0 Å². The maximum absolute atomic E-state index is 12.6. The van der Waals surface area contributed by atoms with Gasteiger partial charge in [-0.15, -0.1) is 5.10 Å². The predicted octanol–water partition coefficient (Wildman–Crippen LogP) is 2.29. The number of carbonyl (C=O) groups excluding carboxylic acids is 1. The van der Waals surface area contributed by atoms with Crippen LogP contribution in [0.15, 0.2) is 41.1 Å². The minimum absolute atomic E-state index is 0.0550. The Morgan fingerprint density at radius 1 is 1.15 bits per heavy atom. The highest BCUT2D eigenvalue weighted by molar-refractivity contribution is 5.94.